The molecule has 0 aromatic heterocycles. The molecular weight excluding hydrogens is 763 g/mol. The van der Waals surface area contributed by atoms with Crippen LogP contribution in [0.15, 0.2) is 97.1 Å². The van der Waals surface area contributed by atoms with Gasteiger partial charge in [-0.1, -0.05) is 146 Å². The van der Waals surface area contributed by atoms with E-state index >= 15 is 0 Å². The van der Waals surface area contributed by atoms with Gasteiger partial charge >= 0.3 is 30.2 Å². The van der Waals surface area contributed by atoms with Crippen molar-refractivity contribution in [2.75, 3.05) is 0 Å². The van der Waals surface area contributed by atoms with Crippen molar-refractivity contribution in [3.8, 4) is 22.3 Å². The van der Waals surface area contributed by atoms with E-state index in [-0.39, 0.29) is 39.7 Å². The van der Waals surface area contributed by atoms with Crippen molar-refractivity contribution in [2.45, 2.75) is 73.4 Å². The van der Waals surface area contributed by atoms with Gasteiger partial charge in [0.15, 0.2) is 0 Å². The van der Waals surface area contributed by atoms with Gasteiger partial charge in [-0.2, -0.15) is 12.1 Å². The van der Waals surface area contributed by atoms with Gasteiger partial charge in [-0.05, 0) is 31.4 Å². The molecule has 0 spiro atoms. The third-order valence-corrected chi connectivity index (χ3v) is 12.8. The molecule has 49 heavy (non-hydrogen) atoms. The Morgan fingerprint density at radius 1 is 0.551 bits per heavy atom. The van der Waals surface area contributed by atoms with Gasteiger partial charge in [0.25, 0.3) is 0 Å². The van der Waals surface area contributed by atoms with Crippen molar-refractivity contribution >= 4 is 79.8 Å². The molecule has 2 radical (unpaired) electrons. The summed E-state index contributed by atoms with van der Waals surface area (Å²) in [6, 6.07) is 37.0. The number of aryl methyl sites for hydroxylation is 4. The van der Waals surface area contributed by atoms with E-state index in [1.54, 1.807) is 0 Å². The number of fused-ring (bicyclic) bond motifs is 2. The number of hydrogen-bond acceptors (Lipinski definition) is 0. The van der Waals surface area contributed by atoms with Gasteiger partial charge in [0.1, 0.15) is 0 Å². The molecule has 0 unspecified atom stereocenters. The summed E-state index contributed by atoms with van der Waals surface area (Å²) < 4.78 is 0. The first-order valence-electron chi connectivity index (χ1n) is 16.1. The van der Waals surface area contributed by atoms with Gasteiger partial charge in [-0.15, -0.1) is 81.8 Å². The zero-order chi connectivity index (χ0) is 33.1. The maximum absolute atomic E-state index is 3.06. The summed E-state index contributed by atoms with van der Waals surface area (Å²) in [4.78, 5) is 0. The molecule has 0 aliphatic carbocycles. The van der Waals surface area contributed by atoms with Crippen LogP contribution in [-0.4, -0.2) is 23.0 Å². The van der Waals surface area contributed by atoms with E-state index < -0.39 is 16.1 Å². The topological polar surface area (TPSA) is 0 Å². The predicted octanol–water partition coefficient (Wildman–Crippen LogP) is 12.4. The molecule has 0 amide bonds. The Morgan fingerprint density at radius 2 is 0.918 bits per heavy atom. The van der Waals surface area contributed by atoms with Gasteiger partial charge in [0.05, 0.1) is 16.1 Å². The van der Waals surface area contributed by atoms with E-state index in [0.29, 0.717) is 0 Å². The Hall–Kier alpha value is -1.79. The number of hydrogen-bond donors (Lipinski definition) is 0. The third kappa shape index (κ3) is 11.6. The van der Waals surface area contributed by atoms with Crippen LogP contribution in [0.2, 0.25) is 39.3 Å². The second kappa shape index (κ2) is 19.7. The minimum absolute atomic E-state index is 0. The standard InChI is InChI=1S/C21H25Si.C20H23Si.2CH3.2ClH.Si.Zr/c1-6-16-13-18-11-15(2)12-20(21(18)14-16)17-7-9-19(10-8-17)22(3,4)5;1-14-10-17-11-15(2)13-20(17)19(12-14)16-6-8-18(9-7-16)21(3,4)5;;;;;;/h7-14H,6H2,1-5H3;6-13H,1-5H3;2*1H3;2*1H;;/q4*-1;;;;. The minimum atomic E-state index is -1.22. The fourth-order valence-electron chi connectivity index (χ4n) is 6.14. The Bertz CT molecular complexity index is 1900. The van der Waals surface area contributed by atoms with Crippen molar-refractivity contribution in [1.82, 2.24) is 0 Å². The average molecular weight is 819 g/mol. The van der Waals surface area contributed by atoms with Crippen molar-refractivity contribution in [1.29, 1.82) is 0 Å². The van der Waals surface area contributed by atoms with Gasteiger partial charge in [-0.3, -0.25) is 0 Å². The normalized spacial score (nSPS) is 10.6. The third-order valence-electron chi connectivity index (χ3n) is 8.67. The zero-order valence-electron chi connectivity index (χ0n) is 31.8. The van der Waals surface area contributed by atoms with E-state index in [1.165, 1.54) is 99.8 Å². The van der Waals surface area contributed by atoms with E-state index in [2.05, 4.69) is 171 Å². The van der Waals surface area contributed by atoms with Crippen LogP contribution >= 0.6 is 24.8 Å². The van der Waals surface area contributed by atoms with E-state index in [0.717, 1.165) is 6.42 Å². The molecule has 6 aromatic rings. The van der Waals surface area contributed by atoms with Crippen molar-refractivity contribution in [3.63, 3.8) is 0 Å². The van der Waals surface area contributed by atoms with Gasteiger partial charge in [-0.25, -0.2) is 0 Å². The summed E-state index contributed by atoms with van der Waals surface area (Å²) in [5, 5.41) is 8.55. The first-order chi connectivity index (χ1) is 21.2. The molecule has 0 nitrogen and oxygen atoms in total. The number of benzene rings is 4. The fraction of sp³-hybridized carbons (Fsp3) is 0.256. The van der Waals surface area contributed by atoms with Crippen molar-refractivity contribution < 1.29 is 23.3 Å². The molecule has 6 heteroatoms. The second-order valence-corrected chi connectivity index (χ2v) is 24.7. The molecule has 0 aliphatic rings. The first kappa shape index (κ1) is 47.2. The summed E-state index contributed by atoms with van der Waals surface area (Å²) in [5.41, 5.74) is 10.8. The van der Waals surface area contributed by atoms with Gasteiger partial charge in [0.2, 0.25) is 0 Å². The molecule has 0 bridgehead atoms. The maximum atomic E-state index is 3.06. The van der Waals surface area contributed by atoms with Gasteiger partial charge in [0, 0.05) is 0 Å². The molecule has 0 saturated carbocycles. The Kier molecular flexibility index (Phi) is 19.0. The Labute approximate surface area is 330 Å². The van der Waals surface area contributed by atoms with E-state index in [9.17, 15) is 0 Å². The van der Waals surface area contributed by atoms with Crippen LogP contribution in [0.1, 0.15) is 29.2 Å². The molecule has 262 valence electrons. The summed E-state index contributed by atoms with van der Waals surface area (Å²) in [6.45, 7) is 26.2. The quantitative estimate of drug-likeness (QED) is 0.120. The van der Waals surface area contributed by atoms with Crippen molar-refractivity contribution in [3.05, 3.63) is 134 Å². The van der Waals surface area contributed by atoms with Crippen LogP contribution in [0.3, 0.4) is 0 Å². The van der Waals surface area contributed by atoms with Gasteiger partial charge < -0.3 is 14.9 Å². The van der Waals surface area contributed by atoms with Crippen molar-refractivity contribution in [2.24, 2.45) is 0 Å². The number of halogens is 2. The molecule has 0 heterocycles. The molecule has 0 fully saturated rings. The van der Waals surface area contributed by atoms with Crippen LogP contribution < -0.4 is 10.4 Å². The zero-order valence-corrected chi connectivity index (χ0v) is 38.9. The molecule has 0 saturated heterocycles. The molecule has 6 aromatic carbocycles. The Balaban J connectivity index is 0.000000831. The molecule has 0 N–H and O–H groups in total. The van der Waals surface area contributed by atoms with Crippen LogP contribution in [0.5, 0.6) is 0 Å². The van der Waals surface area contributed by atoms with Crippen LogP contribution in [0.25, 0.3) is 43.8 Å². The molecular formula is C43H56Cl2Si3Zr-4. The SMILES string of the molecule is CCc1cc2c(-c3ccc([Si](C)(C)C)cc3)cc(C)cc2[cH-]1.Cc1cc(-c2ccc([Si](C)(C)C)cc2)c2cc(C)[cH-]c2c1.Cl.Cl.[CH3-].[CH3-].[Si]=[Zr]. The summed E-state index contributed by atoms with van der Waals surface area (Å²) >= 11 is 1.36. The molecule has 0 aliphatic heterocycles. The van der Waals surface area contributed by atoms with E-state index in [1.807, 2.05) is 0 Å². The van der Waals surface area contributed by atoms with Crippen LogP contribution in [-0.2, 0) is 29.8 Å². The molecule has 0 atom stereocenters. The fourth-order valence-corrected chi connectivity index (χ4v) is 8.47. The van der Waals surface area contributed by atoms with Crippen LogP contribution in [0.4, 0.5) is 0 Å². The monoisotopic (exact) mass is 816 g/mol. The molecule has 6 rings (SSSR count). The summed E-state index contributed by atoms with van der Waals surface area (Å²) in [5.74, 6) is 0. The number of rotatable bonds is 5. The van der Waals surface area contributed by atoms with E-state index in [4.69, 9.17) is 0 Å². The predicted molar refractivity (Wildman–Crippen MR) is 233 cm³/mol. The first-order valence-corrected chi connectivity index (χ1v) is 27.3. The summed E-state index contributed by atoms with van der Waals surface area (Å²) in [6.07, 6.45) is 1.10. The average Bonchev–Trinajstić information content (AvgIpc) is 3.59. The second-order valence-electron chi connectivity index (χ2n) is 14.5. The van der Waals surface area contributed by atoms with Crippen LogP contribution in [0, 0.1) is 35.6 Å². The summed E-state index contributed by atoms with van der Waals surface area (Å²) in [7, 11) is -2.44. The Morgan fingerprint density at radius 3 is 1.29 bits per heavy atom.